The van der Waals surface area contributed by atoms with Gasteiger partial charge in [0.1, 0.15) is 0 Å². The molecule has 0 radical (unpaired) electrons. The van der Waals surface area contributed by atoms with Crippen LogP contribution in [0.2, 0.25) is 0 Å². The third-order valence-corrected chi connectivity index (χ3v) is 2.18. The Morgan fingerprint density at radius 2 is 1.85 bits per heavy atom. The molecule has 0 N–H and O–H groups in total. The molecule has 0 aliphatic rings. The highest BCUT2D eigenvalue weighted by Crippen LogP contribution is 2.23. The van der Waals surface area contributed by atoms with Gasteiger partial charge in [0.15, 0.2) is 0 Å². The van der Waals surface area contributed by atoms with E-state index in [2.05, 4.69) is 40.0 Å². The van der Waals surface area contributed by atoms with E-state index in [1.54, 1.807) is 0 Å². The lowest BCUT2D eigenvalue weighted by atomic mass is 9.91. The highest BCUT2D eigenvalue weighted by atomic mass is 14.1. The summed E-state index contributed by atoms with van der Waals surface area (Å²) < 4.78 is 0. The molecule has 0 amide bonds. The average molecular weight is 176 g/mol. The van der Waals surface area contributed by atoms with Crippen molar-refractivity contribution in [1.82, 2.24) is 0 Å². The third-order valence-electron chi connectivity index (χ3n) is 2.18. The number of allylic oxidation sites excluding steroid dienone is 6. The van der Waals surface area contributed by atoms with E-state index >= 15 is 0 Å². The lowest BCUT2D eigenvalue weighted by Crippen LogP contribution is -1.98. The number of rotatable bonds is 4. The van der Waals surface area contributed by atoms with E-state index in [-0.39, 0.29) is 0 Å². The van der Waals surface area contributed by atoms with Crippen LogP contribution in [0.1, 0.15) is 27.7 Å². The zero-order valence-corrected chi connectivity index (χ0v) is 9.22. The van der Waals surface area contributed by atoms with Gasteiger partial charge in [-0.15, -0.1) is 0 Å². The van der Waals surface area contributed by atoms with Gasteiger partial charge < -0.3 is 0 Å². The van der Waals surface area contributed by atoms with Gasteiger partial charge in [0, 0.05) is 0 Å². The summed E-state index contributed by atoms with van der Waals surface area (Å²) in [6, 6.07) is 0. The first-order valence-corrected chi connectivity index (χ1v) is 4.69. The third kappa shape index (κ3) is 3.45. The van der Waals surface area contributed by atoms with E-state index in [0.717, 1.165) is 5.57 Å². The van der Waals surface area contributed by atoms with Crippen LogP contribution in [0.5, 0.6) is 0 Å². The Bertz CT molecular complexity index is 249. The quantitative estimate of drug-likeness (QED) is 0.561. The standard InChI is InChI=1S/C13H20/c1-7-9-13(10(3)4)12(6)11(5)8-2/h7-10H,1,6H2,2-5H3/b11-8-,13-9-. The van der Waals surface area contributed by atoms with Crippen molar-refractivity contribution in [1.29, 1.82) is 0 Å². The summed E-state index contributed by atoms with van der Waals surface area (Å²) in [5.41, 5.74) is 3.63. The molecular weight excluding hydrogens is 156 g/mol. The lowest BCUT2D eigenvalue weighted by Gasteiger charge is -2.14. The van der Waals surface area contributed by atoms with Crippen molar-refractivity contribution in [3.05, 3.63) is 48.1 Å². The first-order chi connectivity index (χ1) is 6.04. The van der Waals surface area contributed by atoms with Gasteiger partial charge in [0.2, 0.25) is 0 Å². The summed E-state index contributed by atoms with van der Waals surface area (Å²) >= 11 is 0. The molecule has 0 heteroatoms. The summed E-state index contributed by atoms with van der Waals surface area (Å²) in [7, 11) is 0. The molecule has 0 saturated heterocycles. The molecule has 0 fully saturated rings. The Morgan fingerprint density at radius 1 is 1.31 bits per heavy atom. The highest BCUT2D eigenvalue weighted by molar-refractivity contribution is 5.45. The van der Waals surface area contributed by atoms with E-state index in [1.165, 1.54) is 11.1 Å². The largest absolute Gasteiger partial charge is 0.0991 e. The van der Waals surface area contributed by atoms with Crippen molar-refractivity contribution < 1.29 is 0 Å². The van der Waals surface area contributed by atoms with Gasteiger partial charge in [-0.3, -0.25) is 0 Å². The van der Waals surface area contributed by atoms with Crippen LogP contribution in [0.15, 0.2) is 48.1 Å². The minimum atomic E-state index is 0.500. The van der Waals surface area contributed by atoms with Crippen LogP contribution in [0.25, 0.3) is 0 Å². The van der Waals surface area contributed by atoms with E-state index in [9.17, 15) is 0 Å². The molecule has 0 rings (SSSR count). The minimum Gasteiger partial charge on any atom is -0.0991 e. The molecule has 72 valence electrons. The maximum absolute atomic E-state index is 4.08. The fourth-order valence-corrected chi connectivity index (χ4v) is 1.17. The van der Waals surface area contributed by atoms with Crippen LogP contribution in [0, 0.1) is 5.92 Å². The Labute approximate surface area is 82.4 Å². The summed E-state index contributed by atoms with van der Waals surface area (Å²) in [6.07, 6.45) is 5.95. The maximum Gasteiger partial charge on any atom is -0.0213 e. The number of hydrogen-bond acceptors (Lipinski definition) is 0. The van der Waals surface area contributed by atoms with Gasteiger partial charge in [0.25, 0.3) is 0 Å². The van der Waals surface area contributed by atoms with Crippen molar-refractivity contribution >= 4 is 0 Å². The second kappa shape index (κ2) is 5.58. The molecule has 0 saturated carbocycles. The van der Waals surface area contributed by atoms with E-state index in [4.69, 9.17) is 0 Å². The number of hydrogen-bond donors (Lipinski definition) is 0. The van der Waals surface area contributed by atoms with Gasteiger partial charge in [-0.05, 0) is 36.5 Å². The lowest BCUT2D eigenvalue weighted by molar-refractivity contribution is 0.780. The molecular formula is C13H20. The normalized spacial score (nSPS) is 13.3. The highest BCUT2D eigenvalue weighted by Gasteiger charge is 2.07. The fourth-order valence-electron chi connectivity index (χ4n) is 1.17. The summed E-state index contributed by atoms with van der Waals surface area (Å²) in [5.74, 6) is 0.500. The van der Waals surface area contributed by atoms with Gasteiger partial charge in [0.05, 0.1) is 0 Å². The van der Waals surface area contributed by atoms with Gasteiger partial charge in [-0.25, -0.2) is 0 Å². The molecule has 0 aromatic rings. The van der Waals surface area contributed by atoms with Crippen molar-refractivity contribution in [2.75, 3.05) is 0 Å². The van der Waals surface area contributed by atoms with Gasteiger partial charge in [-0.2, -0.15) is 0 Å². The van der Waals surface area contributed by atoms with Crippen molar-refractivity contribution in [3.63, 3.8) is 0 Å². The molecule has 0 nitrogen and oxygen atoms in total. The van der Waals surface area contributed by atoms with Crippen LogP contribution >= 0.6 is 0 Å². The van der Waals surface area contributed by atoms with E-state index < -0.39 is 0 Å². The minimum absolute atomic E-state index is 0.500. The molecule has 0 aromatic heterocycles. The SMILES string of the molecule is C=C/C=C(\C(=C)/C(C)=C\C)C(C)C. The van der Waals surface area contributed by atoms with Crippen molar-refractivity contribution in [3.8, 4) is 0 Å². The van der Waals surface area contributed by atoms with Crippen LogP contribution in [-0.2, 0) is 0 Å². The summed E-state index contributed by atoms with van der Waals surface area (Å²) in [5, 5.41) is 0. The zero-order chi connectivity index (χ0) is 10.4. The Hall–Kier alpha value is -1.04. The van der Waals surface area contributed by atoms with Crippen molar-refractivity contribution in [2.45, 2.75) is 27.7 Å². The van der Waals surface area contributed by atoms with E-state index in [1.807, 2.05) is 19.1 Å². The first kappa shape index (κ1) is 12.0. The Morgan fingerprint density at radius 3 is 2.15 bits per heavy atom. The molecule has 0 aliphatic carbocycles. The fraction of sp³-hybridized carbons (Fsp3) is 0.385. The van der Waals surface area contributed by atoms with Crippen molar-refractivity contribution in [2.24, 2.45) is 5.92 Å². The molecule has 0 heterocycles. The molecule has 0 aliphatic heterocycles. The summed E-state index contributed by atoms with van der Waals surface area (Å²) in [6.45, 7) is 16.3. The second-order valence-electron chi connectivity index (χ2n) is 3.46. The predicted octanol–water partition coefficient (Wildman–Crippen LogP) is 4.28. The Balaban J connectivity index is 4.88. The molecule has 0 aromatic carbocycles. The van der Waals surface area contributed by atoms with E-state index in [0.29, 0.717) is 5.92 Å². The van der Waals surface area contributed by atoms with Gasteiger partial charge in [-0.1, -0.05) is 45.2 Å². The van der Waals surface area contributed by atoms with Crippen LogP contribution in [-0.4, -0.2) is 0 Å². The van der Waals surface area contributed by atoms with Crippen LogP contribution in [0.3, 0.4) is 0 Å². The average Bonchev–Trinajstić information content (AvgIpc) is 2.11. The molecule has 0 atom stereocenters. The molecule has 13 heavy (non-hydrogen) atoms. The first-order valence-electron chi connectivity index (χ1n) is 4.69. The van der Waals surface area contributed by atoms with Crippen LogP contribution in [0.4, 0.5) is 0 Å². The molecule has 0 bridgehead atoms. The molecule has 0 unspecified atom stereocenters. The zero-order valence-electron chi connectivity index (χ0n) is 9.22. The Kier molecular flexibility index (Phi) is 5.13. The monoisotopic (exact) mass is 176 g/mol. The van der Waals surface area contributed by atoms with Gasteiger partial charge >= 0.3 is 0 Å². The second-order valence-corrected chi connectivity index (χ2v) is 3.46. The molecule has 0 spiro atoms. The topological polar surface area (TPSA) is 0 Å². The maximum atomic E-state index is 4.08. The van der Waals surface area contributed by atoms with Crippen LogP contribution < -0.4 is 0 Å². The predicted molar refractivity (Wildman–Crippen MR) is 61.7 cm³/mol. The summed E-state index contributed by atoms with van der Waals surface area (Å²) in [4.78, 5) is 0. The smallest absolute Gasteiger partial charge is 0.0213 e.